The fourth-order valence-electron chi connectivity index (χ4n) is 6.11. The molecule has 1 aliphatic carbocycles. The average Bonchev–Trinajstić information content (AvgIpc) is 3.80. The lowest BCUT2D eigenvalue weighted by Crippen LogP contribution is -2.29. The highest BCUT2D eigenvalue weighted by molar-refractivity contribution is 5.96. The maximum atomic E-state index is 13.4. The van der Waals surface area contributed by atoms with Gasteiger partial charge in [-0.25, -0.2) is 24.6 Å². The average molecular weight is 570 g/mol. The lowest BCUT2D eigenvalue weighted by molar-refractivity contribution is 0.0934. The first-order chi connectivity index (χ1) is 21.1. The maximum Gasteiger partial charge on any atom is 0.252 e. The number of hydrogen-bond donors (Lipinski definition) is 2. The fraction of sp³-hybridized carbons (Fsp3) is 0.188. The Hall–Kier alpha value is -5.58. The van der Waals surface area contributed by atoms with Gasteiger partial charge < -0.3 is 15.8 Å². The molecule has 5 aromatic heterocycles. The molecule has 0 saturated heterocycles. The number of imidazole rings is 1. The van der Waals surface area contributed by atoms with Crippen LogP contribution in [0.3, 0.4) is 0 Å². The zero-order valence-electron chi connectivity index (χ0n) is 23.1. The number of anilines is 1. The van der Waals surface area contributed by atoms with Crippen LogP contribution >= 0.6 is 0 Å². The minimum Gasteiger partial charge on any atom is -0.477 e. The number of nitrogens with two attached hydrogens (primary N) is 1. The standard InChI is InChI=1S/C32H27N9O2/c33-28-24(4-1-13-34-28)29-37-26-10-11-27(40-16-3-14-36-40)39-30(26)41(29)20-7-8-21-19(18-20)6-9-25(21)38-31(42)22-12-15-35-32-23(22)5-2-17-43-32/h1,3-4,7-8,10-16,18,25H,2,5-6,9,17H2,(H2,33,34)(H,38,42)/t25-/m0/s1. The van der Waals surface area contributed by atoms with Crippen molar-refractivity contribution >= 4 is 22.9 Å². The molecule has 1 aliphatic heterocycles. The van der Waals surface area contributed by atoms with Crippen LogP contribution in [0.15, 0.2) is 79.4 Å². The smallest absolute Gasteiger partial charge is 0.252 e. The highest BCUT2D eigenvalue weighted by Gasteiger charge is 2.28. The molecule has 8 rings (SSSR count). The Bertz CT molecular complexity index is 2020. The van der Waals surface area contributed by atoms with E-state index in [0.717, 1.165) is 59.1 Å². The first kappa shape index (κ1) is 25.2. The summed E-state index contributed by atoms with van der Waals surface area (Å²) in [7, 11) is 0. The van der Waals surface area contributed by atoms with E-state index in [-0.39, 0.29) is 11.9 Å². The van der Waals surface area contributed by atoms with Crippen LogP contribution in [0.25, 0.3) is 34.1 Å². The van der Waals surface area contributed by atoms with Crippen LogP contribution < -0.4 is 15.8 Å². The van der Waals surface area contributed by atoms with E-state index >= 15 is 0 Å². The molecular formula is C32H27N9O2. The Morgan fingerprint density at radius 3 is 2.84 bits per heavy atom. The summed E-state index contributed by atoms with van der Waals surface area (Å²) >= 11 is 0. The number of rotatable bonds is 5. The van der Waals surface area contributed by atoms with Crippen molar-refractivity contribution in [3.8, 4) is 28.8 Å². The zero-order chi connectivity index (χ0) is 28.9. The largest absolute Gasteiger partial charge is 0.477 e. The van der Waals surface area contributed by atoms with Gasteiger partial charge in [-0.2, -0.15) is 5.10 Å². The molecule has 1 atom stereocenters. The van der Waals surface area contributed by atoms with Gasteiger partial charge in [-0.15, -0.1) is 0 Å². The van der Waals surface area contributed by atoms with E-state index in [2.05, 4.69) is 32.5 Å². The molecule has 1 aromatic carbocycles. The molecule has 0 bridgehead atoms. The molecule has 1 amide bonds. The lowest BCUT2D eigenvalue weighted by atomic mass is 10.0. The van der Waals surface area contributed by atoms with Gasteiger partial charge in [0, 0.05) is 41.6 Å². The second kappa shape index (κ2) is 10.1. The molecule has 6 aromatic rings. The van der Waals surface area contributed by atoms with Gasteiger partial charge in [0.15, 0.2) is 17.3 Å². The third-order valence-corrected chi connectivity index (χ3v) is 8.15. The lowest BCUT2D eigenvalue weighted by Gasteiger charge is -2.20. The second-order valence-electron chi connectivity index (χ2n) is 10.7. The van der Waals surface area contributed by atoms with Crippen LogP contribution in [-0.4, -0.2) is 46.8 Å². The maximum absolute atomic E-state index is 13.4. The number of carbonyl (C=O) groups is 1. The summed E-state index contributed by atoms with van der Waals surface area (Å²) < 4.78 is 9.41. The van der Waals surface area contributed by atoms with E-state index in [1.807, 2.05) is 47.2 Å². The number of nitrogens with zero attached hydrogens (tertiary/aromatic N) is 7. The first-order valence-electron chi connectivity index (χ1n) is 14.3. The summed E-state index contributed by atoms with van der Waals surface area (Å²) in [5.74, 6) is 2.18. The molecule has 0 saturated carbocycles. The molecule has 0 unspecified atom stereocenters. The summed E-state index contributed by atoms with van der Waals surface area (Å²) in [6, 6.07) is 17.4. The molecule has 0 spiro atoms. The van der Waals surface area contributed by atoms with Crippen molar-refractivity contribution in [2.24, 2.45) is 0 Å². The molecule has 3 N–H and O–H groups in total. The van der Waals surface area contributed by atoms with Crippen molar-refractivity contribution in [1.82, 2.24) is 39.6 Å². The van der Waals surface area contributed by atoms with Crippen molar-refractivity contribution in [3.05, 3.63) is 102 Å². The number of aromatic nitrogens is 7. The number of ether oxygens (including phenoxy) is 1. The van der Waals surface area contributed by atoms with Gasteiger partial charge >= 0.3 is 0 Å². The minimum absolute atomic E-state index is 0.0950. The topological polar surface area (TPSA) is 139 Å². The number of nitrogens with one attached hydrogen (secondary N) is 1. The summed E-state index contributed by atoms with van der Waals surface area (Å²) in [4.78, 5) is 31.9. The molecule has 6 heterocycles. The molecular weight excluding hydrogens is 542 g/mol. The monoisotopic (exact) mass is 569 g/mol. The Kier molecular flexibility index (Phi) is 5.88. The van der Waals surface area contributed by atoms with Crippen molar-refractivity contribution in [1.29, 1.82) is 0 Å². The molecule has 11 heteroatoms. The van der Waals surface area contributed by atoms with Crippen molar-refractivity contribution in [2.75, 3.05) is 12.3 Å². The van der Waals surface area contributed by atoms with E-state index < -0.39 is 0 Å². The highest BCUT2D eigenvalue weighted by Crippen LogP contribution is 2.36. The number of fused-ring (bicyclic) bond motifs is 3. The van der Waals surface area contributed by atoms with Gasteiger partial charge in [-0.05, 0) is 85.3 Å². The van der Waals surface area contributed by atoms with Gasteiger partial charge in [0.2, 0.25) is 5.88 Å². The van der Waals surface area contributed by atoms with Crippen molar-refractivity contribution in [3.63, 3.8) is 0 Å². The Labute approximate surface area is 246 Å². The summed E-state index contributed by atoms with van der Waals surface area (Å²) in [6.07, 6.45) is 10.2. The number of nitrogen functional groups attached to an aromatic ring is 1. The van der Waals surface area contributed by atoms with E-state index in [1.54, 1.807) is 29.3 Å². The van der Waals surface area contributed by atoms with Crippen LogP contribution in [0.1, 0.15) is 45.9 Å². The van der Waals surface area contributed by atoms with Crippen LogP contribution in [0, 0.1) is 0 Å². The van der Waals surface area contributed by atoms with Gasteiger partial charge in [0.25, 0.3) is 5.91 Å². The third-order valence-electron chi connectivity index (χ3n) is 8.15. The van der Waals surface area contributed by atoms with Gasteiger partial charge in [0.1, 0.15) is 11.3 Å². The summed E-state index contributed by atoms with van der Waals surface area (Å²) in [6.45, 7) is 0.630. The molecule has 212 valence electrons. The van der Waals surface area contributed by atoms with Gasteiger partial charge in [-0.3, -0.25) is 9.36 Å². The number of benzene rings is 1. The highest BCUT2D eigenvalue weighted by atomic mass is 16.5. The Balaban J connectivity index is 1.18. The second-order valence-corrected chi connectivity index (χ2v) is 10.7. The van der Waals surface area contributed by atoms with Crippen LogP contribution in [0.2, 0.25) is 0 Å². The van der Waals surface area contributed by atoms with Crippen molar-refractivity contribution in [2.45, 2.75) is 31.7 Å². The quantitative estimate of drug-likeness (QED) is 0.312. The number of aryl methyl sites for hydroxylation is 1. The molecule has 0 radical (unpaired) electrons. The minimum atomic E-state index is -0.101. The SMILES string of the molecule is Nc1ncccc1-c1nc2ccc(-n3cccn3)nc2n1-c1ccc2c(c1)CC[C@@H]2NC(=O)c1ccnc2c1CCCO2. The van der Waals surface area contributed by atoms with Crippen LogP contribution in [-0.2, 0) is 12.8 Å². The molecule has 2 aliphatic rings. The molecule has 11 nitrogen and oxygen atoms in total. The van der Waals surface area contributed by atoms with Gasteiger partial charge in [-0.1, -0.05) is 6.07 Å². The van der Waals surface area contributed by atoms with Crippen molar-refractivity contribution < 1.29 is 9.53 Å². The summed E-state index contributed by atoms with van der Waals surface area (Å²) in [5, 5.41) is 7.61. The first-order valence-corrected chi connectivity index (χ1v) is 14.3. The van der Waals surface area contributed by atoms with Crippen LogP contribution in [0.5, 0.6) is 5.88 Å². The summed E-state index contributed by atoms with van der Waals surface area (Å²) in [5.41, 5.74) is 13.1. The Morgan fingerprint density at radius 1 is 1.00 bits per heavy atom. The number of hydrogen-bond acceptors (Lipinski definition) is 8. The van der Waals surface area contributed by atoms with Crippen LogP contribution in [0.4, 0.5) is 5.82 Å². The van der Waals surface area contributed by atoms with E-state index in [4.69, 9.17) is 20.4 Å². The Morgan fingerprint density at radius 2 is 1.95 bits per heavy atom. The predicted octanol–water partition coefficient (Wildman–Crippen LogP) is 4.39. The van der Waals surface area contributed by atoms with Gasteiger partial charge in [0.05, 0.1) is 18.2 Å². The zero-order valence-corrected chi connectivity index (χ0v) is 23.1. The number of pyridine rings is 3. The van der Waals surface area contributed by atoms with E-state index in [0.29, 0.717) is 41.2 Å². The fourth-order valence-corrected chi connectivity index (χ4v) is 6.11. The number of carbonyl (C=O) groups excluding carboxylic acids is 1. The number of amides is 1. The molecule has 0 fully saturated rings. The third kappa shape index (κ3) is 4.28. The van der Waals surface area contributed by atoms with E-state index in [9.17, 15) is 4.79 Å². The van der Waals surface area contributed by atoms with E-state index in [1.165, 1.54) is 0 Å². The molecule has 43 heavy (non-hydrogen) atoms. The predicted molar refractivity (Wildman–Crippen MR) is 160 cm³/mol. The normalized spacial score (nSPS) is 15.6.